The molecule has 1 aromatic carbocycles. The molecule has 2 atom stereocenters. The normalized spacial score (nSPS) is 20.7. The van der Waals surface area contributed by atoms with Gasteiger partial charge in [0.1, 0.15) is 5.82 Å². The van der Waals surface area contributed by atoms with Crippen LogP contribution in [-0.4, -0.2) is 34.9 Å². The molecule has 1 aliphatic heterocycles. The number of likely N-dealkylation sites (tertiary alicyclic amines) is 1. The Morgan fingerprint density at radius 3 is 2.88 bits per heavy atom. The summed E-state index contributed by atoms with van der Waals surface area (Å²) in [5.74, 6) is 1.34. The lowest BCUT2D eigenvalue weighted by Crippen LogP contribution is -2.51. The Balaban J connectivity index is 1.60. The first-order valence-electron chi connectivity index (χ1n) is 8.78. The van der Waals surface area contributed by atoms with E-state index >= 15 is 0 Å². The van der Waals surface area contributed by atoms with Crippen LogP contribution >= 0.6 is 0 Å². The lowest BCUT2D eigenvalue weighted by atomic mass is 9.90. The molecule has 2 aromatic rings. The van der Waals surface area contributed by atoms with Crippen molar-refractivity contribution in [2.75, 3.05) is 13.1 Å². The summed E-state index contributed by atoms with van der Waals surface area (Å²) in [5, 5.41) is 0. The van der Waals surface area contributed by atoms with Crippen LogP contribution in [0.4, 0.5) is 4.39 Å². The van der Waals surface area contributed by atoms with Gasteiger partial charge in [-0.25, -0.2) is 9.37 Å². The van der Waals surface area contributed by atoms with Gasteiger partial charge in [0.2, 0.25) is 5.91 Å². The summed E-state index contributed by atoms with van der Waals surface area (Å²) in [6.45, 7) is 3.43. The molecule has 1 fully saturated rings. The molecular formula is C19H24FN3O2. The van der Waals surface area contributed by atoms with Crippen molar-refractivity contribution in [1.29, 1.82) is 0 Å². The highest BCUT2D eigenvalue weighted by molar-refractivity contribution is 5.77. The Bertz CT molecular complexity index is 714. The number of nitrogens with two attached hydrogens (primary N) is 1. The highest BCUT2D eigenvalue weighted by Crippen LogP contribution is 2.24. The summed E-state index contributed by atoms with van der Waals surface area (Å²) in [7, 11) is 0. The quantitative estimate of drug-likeness (QED) is 0.904. The first kappa shape index (κ1) is 17.6. The fraction of sp³-hybridized carbons (Fsp3) is 0.474. The molecule has 1 aliphatic rings. The van der Waals surface area contributed by atoms with Crippen molar-refractivity contribution >= 4 is 5.91 Å². The molecule has 1 aromatic heterocycles. The van der Waals surface area contributed by atoms with E-state index < -0.39 is 0 Å². The Labute approximate surface area is 147 Å². The van der Waals surface area contributed by atoms with E-state index in [1.165, 1.54) is 12.1 Å². The number of aryl methyl sites for hydroxylation is 1. The van der Waals surface area contributed by atoms with Crippen LogP contribution in [-0.2, 0) is 11.2 Å². The third kappa shape index (κ3) is 4.07. The standard InChI is InChI=1S/C19H24FN3O2/c1-13-3-2-10-23(16(13)11-21)19(24)9-8-18-22-12-17(25-18)14-4-6-15(20)7-5-14/h4-7,12-13,16H,2-3,8-11,21H2,1H3/t13-,16-/m1/s1. The zero-order valence-corrected chi connectivity index (χ0v) is 14.5. The SMILES string of the molecule is C[C@@H]1CCCN(C(=O)CCc2ncc(-c3ccc(F)cc3)o2)[C@@H]1CN. The lowest BCUT2D eigenvalue weighted by molar-refractivity contribution is -0.136. The molecule has 0 bridgehead atoms. The van der Waals surface area contributed by atoms with Gasteiger partial charge in [-0.2, -0.15) is 0 Å². The van der Waals surface area contributed by atoms with Crippen molar-refractivity contribution in [2.24, 2.45) is 11.7 Å². The Kier molecular flexibility index (Phi) is 5.48. The van der Waals surface area contributed by atoms with Gasteiger partial charge in [0.15, 0.2) is 11.7 Å². The third-order valence-electron chi connectivity index (χ3n) is 4.91. The number of hydrogen-bond donors (Lipinski definition) is 1. The number of piperidine rings is 1. The van der Waals surface area contributed by atoms with Gasteiger partial charge in [0.25, 0.3) is 0 Å². The predicted octanol–water partition coefficient (Wildman–Crippen LogP) is 3.00. The zero-order chi connectivity index (χ0) is 17.8. The van der Waals surface area contributed by atoms with E-state index in [4.69, 9.17) is 10.2 Å². The second-order valence-corrected chi connectivity index (χ2v) is 6.63. The Morgan fingerprint density at radius 2 is 2.16 bits per heavy atom. The summed E-state index contributed by atoms with van der Waals surface area (Å²) in [5.41, 5.74) is 6.62. The van der Waals surface area contributed by atoms with Crippen LogP contribution in [0.5, 0.6) is 0 Å². The number of hydrogen-bond acceptors (Lipinski definition) is 4. The number of nitrogens with zero attached hydrogens (tertiary/aromatic N) is 2. The molecule has 25 heavy (non-hydrogen) atoms. The third-order valence-corrected chi connectivity index (χ3v) is 4.91. The molecule has 2 N–H and O–H groups in total. The molecule has 0 spiro atoms. The van der Waals surface area contributed by atoms with Crippen molar-refractivity contribution < 1.29 is 13.6 Å². The van der Waals surface area contributed by atoms with Gasteiger partial charge in [-0.05, 0) is 43.0 Å². The van der Waals surface area contributed by atoms with E-state index in [-0.39, 0.29) is 17.8 Å². The summed E-state index contributed by atoms with van der Waals surface area (Å²) in [4.78, 5) is 18.7. The highest BCUT2D eigenvalue weighted by Gasteiger charge is 2.30. The van der Waals surface area contributed by atoms with Crippen LogP contribution in [0, 0.1) is 11.7 Å². The smallest absolute Gasteiger partial charge is 0.223 e. The second-order valence-electron chi connectivity index (χ2n) is 6.63. The largest absolute Gasteiger partial charge is 0.441 e. The molecule has 0 aliphatic carbocycles. The minimum Gasteiger partial charge on any atom is -0.441 e. The molecule has 134 valence electrons. The predicted molar refractivity (Wildman–Crippen MR) is 93.2 cm³/mol. The molecule has 5 nitrogen and oxygen atoms in total. The Morgan fingerprint density at radius 1 is 1.40 bits per heavy atom. The first-order valence-corrected chi connectivity index (χ1v) is 8.78. The van der Waals surface area contributed by atoms with Gasteiger partial charge in [-0.1, -0.05) is 6.92 Å². The van der Waals surface area contributed by atoms with Crippen LogP contribution in [0.1, 0.15) is 32.1 Å². The van der Waals surface area contributed by atoms with Crippen molar-refractivity contribution in [3.05, 3.63) is 42.2 Å². The molecule has 0 saturated carbocycles. The topological polar surface area (TPSA) is 72.4 Å². The van der Waals surface area contributed by atoms with Crippen molar-refractivity contribution in [1.82, 2.24) is 9.88 Å². The van der Waals surface area contributed by atoms with Crippen LogP contribution in [0.25, 0.3) is 11.3 Å². The Hall–Kier alpha value is -2.21. The molecule has 0 unspecified atom stereocenters. The van der Waals surface area contributed by atoms with Gasteiger partial charge in [0, 0.05) is 37.5 Å². The monoisotopic (exact) mass is 345 g/mol. The van der Waals surface area contributed by atoms with E-state index in [1.54, 1.807) is 18.3 Å². The van der Waals surface area contributed by atoms with E-state index in [0.717, 1.165) is 24.9 Å². The number of benzene rings is 1. The second kappa shape index (κ2) is 7.78. The molecule has 0 radical (unpaired) electrons. The number of carbonyl (C=O) groups excluding carboxylic acids is 1. The number of halogens is 1. The lowest BCUT2D eigenvalue weighted by Gasteiger charge is -2.39. The molecule has 6 heteroatoms. The number of aromatic nitrogens is 1. The van der Waals surface area contributed by atoms with Crippen molar-refractivity contribution in [2.45, 2.75) is 38.6 Å². The molecule has 1 amide bonds. The molecule has 3 rings (SSSR count). The number of oxazole rings is 1. The van der Waals surface area contributed by atoms with Crippen LogP contribution in [0.15, 0.2) is 34.9 Å². The van der Waals surface area contributed by atoms with Gasteiger partial charge >= 0.3 is 0 Å². The minimum atomic E-state index is -0.292. The van der Waals surface area contributed by atoms with E-state index in [2.05, 4.69) is 11.9 Å². The van der Waals surface area contributed by atoms with Gasteiger partial charge in [-0.15, -0.1) is 0 Å². The fourth-order valence-corrected chi connectivity index (χ4v) is 3.45. The fourth-order valence-electron chi connectivity index (χ4n) is 3.45. The van der Waals surface area contributed by atoms with E-state index in [1.807, 2.05) is 4.90 Å². The number of rotatable bonds is 5. The molecule has 1 saturated heterocycles. The van der Waals surface area contributed by atoms with E-state index in [0.29, 0.717) is 37.0 Å². The highest BCUT2D eigenvalue weighted by atomic mass is 19.1. The summed E-state index contributed by atoms with van der Waals surface area (Å²) >= 11 is 0. The maximum Gasteiger partial charge on any atom is 0.223 e. The molecule has 2 heterocycles. The van der Waals surface area contributed by atoms with Crippen LogP contribution in [0.2, 0.25) is 0 Å². The maximum atomic E-state index is 13.0. The molecular weight excluding hydrogens is 321 g/mol. The minimum absolute atomic E-state index is 0.100. The van der Waals surface area contributed by atoms with Gasteiger partial charge < -0.3 is 15.1 Å². The maximum absolute atomic E-state index is 13.0. The van der Waals surface area contributed by atoms with Gasteiger partial charge in [0.05, 0.1) is 6.20 Å². The van der Waals surface area contributed by atoms with E-state index in [9.17, 15) is 9.18 Å². The number of amides is 1. The summed E-state index contributed by atoms with van der Waals surface area (Å²) in [6, 6.07) is 6.18. The van der Waals surface area contributed by atoms with Crippen molar-refractivity contribution in [3.63, 3.8) is 0 Å². The summed E-state index contributed by atoms with van der Waals surface area (Å²) < 4.78 is 18.7. The van der Waals surface area contributed by atoms with Crippen molar-refractivity contribution in [3.8, 4) is 11.3 Å². The van der Waals surface area contributed by atoms with Crippen LogP contribution in [0.3, 0.4) is 0 Å². The average Bonchev–Trinajstić information content (AvgIpc) is 3.09. The number of carbonyl (C=O) groups is 1. The zero-order valence-electron chi connectivity index (χ0n) is 14.5. The van der Waals surface area contributed by atoms with Gasteiger partial charge in [-0.3, -0.25) is 4.79 Å². The summed E-state index contributed by atoms with van der Waals surface area (Å²) in [6.07, 6.45) is 4.55. The average molecular weight is 345 g/mol. The first-order chi connectivity index (χ1) is 12.1. The van der Waals surface area contributed by atoms with Crippen LogP contribution < -0.4 is 5.73 Å².